The number of hydrogen-bond donors (Lipinski definition) is 4. The fourth-order valence-electron chi connectivity index (χ4n) is 2.94. The number of carbonyl (C=O) groups excluding carboxylic acids is 1. The predicted molar refractivity (Wildman–Crippen MR) is 103 cm³/mol. The molecule has 5 N–H and O–H groups in total. The first-order valence-electron chi connectivity index (χ1n) is 9.02. The molecule has 2 aromatic rings. The molecule has 0 spiro atoms. The molecule has 2 heterocycles. The van der Waals surface area contributed by atoms with Crippen molar-refractivity contribution in [1.82, 2.24) is 20.3 Å². The third-order valence-electron chi connectivity index (χ3n) is 4.45. The molecule has 0 radical (unpaired) electrons. The highest BCUT2D eigenvalue weighted by molar-refractivity contribution is 5.95. The summed E-state index contributed by atoms with van der Waals surface area (Å²) in [7, 11) is 0. The second-order valence-corrected chi connectivity index (χ2v) is 6.40. The summed E-state index contributed by atoms with van der Waals surface area (Å²) in [6.45, 7) is 3.91. The van der Waals surface area contributed by atoms with E-state index in [4.69, 9.17) is 5.73 Å². The number of nitrogen functional groups attached to an aromatic ring is 1. The molecule has 1 saturated heterocycles. The van der Waals surface area contributed by atoms with E-state index in [9.17, 15) is 9.18 Å². The fraction of sp³-hybridized carbons (Fsp3) is 0.389. The SMILES string of the molecule is Nc1c(NCCN2CCCCC2)ncnc1NNC(=O)c1ccc(F)cc1. The van der Waals surface area contributed by atoms with Gasteiger partial charge in [-0.1, -0.05) is 6.42 Å². The zero-order chi connectivity index (χ0) is 19.1. The summed E-state index contributed by atoms with van der Waals surface area (Å²) in [6.07, 6.45) is 5.17. The van der Waals surface area contributed by atoms with Crippen molar-refractivity contribution >= 4 is 23.2 Å². The summed E-state index contributed by atoms with van der Waals surface area (Å²) in [4.78, 5) is 22.7. The number of halogens is 1. The van der Waals surface area contributed by atoms with Crippen molar-refractivity contribution in [2.45, 2.75) is 19.3 Å². The molecule has 0 unspecified atom stereocenters. The lowest BCUT2D eigenvalue weighted by Gasteiger charge is -2.26. The van der Waals surface area contributed by atoms with Gasteiger partial charge in [-0.15, -0.1) is 0 Å². The molecule has 1 fully saturated rings. The first kappa shape index (κ1) is 18.8. The number of hydrogen-bond acceptors (Lipinski definition) is 7. The van der Waals surface area contributed by atoms with Crippen molar-refractivity contribution < 1.29 is 9.18 Å². The molecule has 0 saturated carbocycles. The topological polar surface area (TPSA) is 108 Å². The number of likely N-dealkylation sites (tertiary alicyclic amines) is 1. The van der Waals surface area contributed by atoms with Gasteiger partial charge in [0.1, 0.15) is 17.8 Å². The van der Waals surface area contributed by atoms with Gasteiger partial charge in [0.25, 0.3) is 5.91 Å². The van der Waals surface area contributed by atoms with Crippen LogP contribution in [0.3, 0.4) is 0 Å². The molecule has 1 amide bonds. The number of nitrogens with zero attached hydrogens (tertiary/aromatic N) is 3. The van der Waals surface area contributed by atoms with Crippen LogP contribution in [0.15, 0.2) is 30.6 Å². The number of nitrogens with two attached hydrogens (primary N) is 1. The van der Waals surface area contributed by atoms with Crippen LogP contribution in [-0.2, 0) is 0 Å². The van der Waals surface area contributed by atoms with Crippen molar-refractivity contribution in [2.24, 2.45) is 0 Å². The van der Waals surface area contributed by atoms with Gasteiger partial charge in [-0.25, -0.2) is 14.4 Å². The van der Waals surface area contributed by atoms with E-state index < -0.39 is 11.7 Å². The van der Waals surface area contributed by atoms with E-state index >= 15 is 0 Å². The number of anilines is 3. The maximum absolute atomic E-state index is 12.9. The molecule has 0 bridgehead atoms. The van der Waals surface area contributed by atoms with Crippen LogP contribution in [0.25, 0.3) is 0 Å². The number of rotatable bonds is 7. The van der Waals surface area contributed by atoms with Crippen LogP contribution >= 0.6 is 0 Å². The maximum Gasteiger partial charge on any atom is 0.269 e. The third-order valence-corrected chi connectivity index (χ3v) is 4.45. The minimum absolute atomic E-state index is 0.293. The lowest BCUT2D eigenvalue weighted by Crippen LogP contribution is -2.34. The molecule has 144 valence electrons. The second kappa shape index (κ2) is 9.13. The Labute approximate surface area is 157 Å². The van der Waals surface area contributed by atoms with Crippen LogP contribution in [0, 0.1) is 5.82 Å². The number of piperidine rings is 1. The number of aromatic nitrogens is 2. The normalized spacial score (nSPS) is 14.6. The van der Waals surface area contributed by atoms with E-state index in [0.29, 0.717) is 22.9 Å². The molecule has 1 aromatic heterocycles. The Balaban J connectivity index is 1.52. The molecule has 1 aliphatic heterocycles. The van der Waals surface area contributed by atoms with E-state index in [1.807, 2.05) is 0 Å². The summed E-state index contributed by atoms with van der Waals surface area (Å²) >= 11 is 0. The summed E-state index contributed by atoms with van der Waals surface area (Å²) in [5.74, 6) is -0.0195. The van der Waals surface area contributed by atoms with Crippen molar-refractivity contribution in [1.29, 1.82) is 0 Å². The molecule has 27 heavy (non-hydrogen) atoms. The van der Waals surface area contributed by atoms with Crippen molar-refractivity contribution in [2.75, 3.05) is 42.7 Å². The van der Waals surface area contributed by atoms with Gasteiger partial charge in [0.05, 0.1) is 0 Å². The van der Waals surface area contributed by atoms with E-state index in [-0.39, 0.29) is 0 Å². The summed E-state index contributed by atoms with van der Waals surface area (Å²) < 4.78 is 12.9. The molecule has 9 heteroatoms. The molecule has 1 aromatic carbocycles. The number of nitrogens with one attached hydrogen (secondary N) is 3. The zero-order valence-corrected chi connectivity index (χ0v) is 15.0. The van der Waals surface area contributed by atoms with Crippen molar-refractivity contribution in [3.05, 3.63) is 42.0 Å². The average molecular weight is 373 g/mol. The Morgan fingerprint density at radius 1 is 1.11 bits per heavy atom. The lowest BCUT2D eigenvalue weighted by molar-refractivity contribution is 0.0962. The van der Waals surface area contributed by atoms with Crippen molar-refractivity contribution in [3.8, 4) is 0 Å². The van der Waals surface area contributed by atoms with Crippen LogP contribution in [0.2, 0.25) is 0 Å². The third kappa shape index (κ3) is 5.27. The van der Waals surface area contributed by atoms with Crippen LogP contribution < -0.4 is 21.9 Å². The molecule has 1 aliphatic rings. The van der Waals surface area contributed by atoms with Crippen LogP contribution in [-0.4, -0.2) is 47.0 Å². The minimum atomic E-state index is -0.424. The molecule has 3 rings (SSSR count). The number of hydrazine groups is 1. The Morgan fingerprint density at radius 3 is 2.56 bits per heavy atom. The maximum atomic E-state index is 12.9. The van der Waals surface area contributed by atoms with Crippen LogP contribution in [0.5, 0.6) is 0 Å². The van der Waals surface area contributed by atoms with Gasteiger partial charge < -0.3 is 16.0 Å². The Hall–Kier alpha value is -2.94. The largest absolute Gasteiger partial charge is 0.393 e. The van der Waals surface area contributed by atoms with E-state index in [2.05, 4.69) is 31.0 Å². The van der Waals surface area contributed by atoms with Gasteiger partial charge in [-0.2, -0.15) is 0 Å². The summed E-state index contributed by atoms with van der Waals surface area (Å²) in [6, 6.07) is 5.23. The van der Waals surface area contributed by atoms with E-state index in [1.54, 1.807) is 0 Å². The highest BCUT2D eigenvalue weighted by Crippen LogP contribution is 2.21. The summed E-state index contributed by atoms with van der Waals surface area (Å²) in [5, 5.41) is 3.21. The van der Waals surface area contributed by atoms with E-state index in [0.717, 1.165) is 26.2 Å². The van der Waals surface area contributed by atoms with Gasteiger partial charge in [0.2, 0.25) is 0 Å². The Morgan fingerprint density at radius 2 is 1.81 bits per heavy atom. The highest BCUT2D eigenvalue weighted by atomic mass is 19.1. The van der Waals surface area contributed by atoms with Gasteiger partial charge in [-0.05, 0) is 50.2 Å². The van der Waals surface area contributed by atoms with Gasteiger partial charge in [-0.3, -0.25) is 15.6 Å². The fourth-order valence-corrected chi connectivity index (χ4v) is 2.94. The Kier molecular flexibility index (Phi) is 6.37. The second-order valence-electron chi connectivity index (χ2n) is 6.40. The molecular formula is C18H24FN7O. The average Bonchev–Trinajstić information content (AvgIpc) is 2.69. The monoisotopic (exact) mass is 373 g/mol. The van der Waals surface area contributed by atoms with Crippen LogP contribution in [0.4, 0.5) is 21.7 Å². The number of benzene rings is 1. The van der Waals surface area contributed by atoms with Gasteiger partial charge in [0.15, 0.2) is 11.6 Å². The predicted octanol–water partition coefficient (Wildman–Crippen LogP) is 1.85. The number of amides is 1. The molecule has 0 aliphatic carbocycles. The van der Waals surface area contributed by atoms with Gasteiger partial charge in [0, 0.05) is 18.7 Å². The quantitative estimate of drug-likeness (QED) is 0.549. The standard InChI is InChI=1S/C18H24FN7O/c19-14-6-4-13(5-7-14)18(27)25-24-17-15(20)16(22-12-23-17)21-8-11-26-9-2-1-3-10-26/h4-7,12H,1-3,8-11,20H2,(H,25,27)(H2,21,22,23,24). The van der Waals surface area contributed by atoms with E-state index in [1.165, 1.54) is 49.9 Å². The van der Waals surface area contributed by atoms with Gasteiger partial charge >= 0.3 is 0 Å². The Bertz CT molecular complexity index is 763. The highest BCUT2D eigenvalue weighted by Gasteiger charge is 2.12. The molecular weight excluding hydrogens is 349 g/mol. The minimum Gasteiger partial charge on any atom is -0.393 e. The lowest BCUT2D eigenvalue weighted by atomic mass is 10.1. The smallest absolute Gasteiger partial charge is 0.269 e. The first-order chi connectivity index (χ1) is 13.1. The first-order valence-corrected chi connectivity index (χ1v) is 9.02. The van der Waals surface area contributed by atoms with Crippen molar-refractivity contribution in [3.63, 3.8) is 0 Å². The zero-order valence-electron chi connectivity index (χ0n) is 15.0. The molecule has 8 nitrogen and oxygen atoms in total. The number of carbonyl (C=O) groups is 1. The molecule has 0 atom stereocenters. The van der Waals surface area contributed by atoms with Crippen LogP contribution in [0.1, 0.15) is 29.6 Å². The summed E-state index contributed by atoms with van der Waals surface area (Å²) in [5.41, 5.74) is 11.9.